The Morgan fingerprint density at radius 2 is 2.32 bits per heavy atom. The van der Waals surface area contributed by atoms with Crippen LogP contribution in [0.1, 0.15) is 37.6 Å². The Labute approximate surface area is 118 Å². The molecule has 1 N–H and O–H groups in total. The molecule has 0 aromatic carbocycles. The Bertz CT molecular complexity index is 474. The van der Waals surface area contributed by atoms with E-state index in [1.54, 1.807) is 4.68 Å². The van der Waals surface area contributed by atoms with Gasteiger partial charge in [0.05, 0.1) is 34.7 Å². The van der Waals surface area contributed by atoms with Crippen molar-refractivity contribution in [3.63, 3.8) is 0 Å². The molecule has 5 heteroatoms. The van der Waals surface area contributed by atoms with Gasteiger partial charge < -0.3 is 9.84 Å². The Hall–Kier alpha value is -0.580. The van der Waals surface area contributed by atoms with E-state index in [1.807, 2.05) is 14.0 Å². The van der Waals surface area contributed by atoms with Crippen molar-refractivity contribution in [1.82, 2.24) is 9.78 Å². The summed E-state index contributed by atoms with van der Waals surface area (Å²) in [6.45, 7) is 2.04. The topological polar surface area (TPSA) is 47.3 Å². The number of halogens is 1. The third-order valence-corrected chi connectivity index (χ3v) is 4.99. The first-order valence-corrected chi connectivity index (χ1v) is 7.51. The summed E-state index contributed by atoms with van der Waals surface area (Å²) in [5, 5.41) is 15.6. The summed E-state index contributed by atoms with van der Waals surface area (Å²) < 4.78 is 7.62. The third kappa shape index (κ3) is 2.30. The lowest BCUT2D eigenvalue weighted by Gasteiger charge is -2.24. The predicted molar refractivity (Wildman–Crippen MR) is 73.3 cm³/mol. The molecule has 1 aromatic heterocycles. The molecule has 106 valence electrons. The molecule has 1 aromatic rings. The second-order valence-electron chi connectivity index (χ2n) is 5.73. The molecule has 2 saturated heterocycles. The van der Waals surface area contributed by atoms with E-state index in [9.17, 15) is 5.11 Å². The maximum absolute atomic E-state index is 10.5. The quantitative estimate of drug-likeness (QED) is 0.921. The maximum atomic E-state index is 10.5. The highest BCUT2D eigenvalue weighted by molar-refractivity contribution is 6.31. The number of aromatic nitrogens is 2. The summed E-state index contributed by atoms with van der Waals surface area (Å²) in [5.74, 6) is 0.259. The van der Waals surface area contributed by atoms with Crippen LogP contribution in [-0.2, 0) is 24.6 Å². The zero-order valence-corrected chi connectivity index (χ0v) is 12.2. The molecule has 3 rings (SSSR count). The summed E-state index contributed by atoms with van der Waals surface area (Å²) in [4.78, 5) is 0. The van der Waals surface area contributed by atoms with Gasteiger partial charge >= 0.3 is 0 Å². The molecule has 4 nitrogen and oxygen atoms in total. The average molecular weight is 285 g/mol. The molecular weight excluding hydrogens is 264 g/mol. The van der Waals surface area contributed by atoms with Crippen LogP contribution in [0.25, 0.3) is 0 Å². The average Bonchev–Trinajstić information content (AvgIpc) is 3.08. The van der Waals surface area contributed by atoms with Crippen molar-refractivity contribution in [2.75, 3.05) is 0 Å². The molecule has 19 heavy (non-hydrogen) atoms. The monoisotopic (exact) mass is 284 g/mol. The van der Waals surface area contributed by atoms with Crippen LogP contribution in [0.4, 0.5) is 0 Å². The van der Waals surface area contributed by atoms with Crippen molar-refractivity contribution >= 4 is 11.6 Å². The van der Waals surface area contributed by atoms with Crippen molar-refractivity contribution < 1.29 is 9.84 Å². The van der Waals surface area contributed by atoms with E-state index in [-0.39, 0.29) is 18.1 Å². The molecule has 0 saturated carbocycles. The van der Waals surface area contributed by atoms with Crippen LogP contribution in [0.2, 0.25) is 5.02 Å². The first kappa shape index (κ1) is 13.4. The Balaban J connectivity index is 1.73. The summed E-state index contributed by atoms with van der Waals surface area (Å²) in [6, 6.07) is 0. The Morgan fingerprint density at radius 1 is 1.53 bits per heavy atom. The highest BCUT2D eigenvalue weighted by Crippen LogP contribution is 2.41. The Kier molecular flexibility index (Phi) is 3.58. The normalized spacial score (nSPS) is 31.1. The second-order valence-corrected chi connectivity index (χ2v) is 6.11. The lowest BCUT2D eigenvalue weighted by atomic mass is 9.83. The fraction of sp³-hybridized carbons (Fsp3) is 0.786. The summed E-state index contributed by atoms with van der Waals surface area (Å²) in [7, 11) is 1.89. The number of fused-ring (bicyclic) bond motifs is 2. The van der Waals surface area contributed by atoms with Crippen LogP contribution in [0, 0.1) is 5.92 Å². The molecular formula is C14H21ClN2O2. The van der Waals surface area contributed by atoms with E-state index in [0.29, 0.717) is 17.5 Å². The fourth-order valence-electron chi connectivity index (χ4n) is 3.47. The molecule has 2 fully saturated rings. The fourth-order valence-corrected chi connectivity index (χ4v) is 3.84. The standard InChI is InChI=1S/C14H21ClN2O2/c1-3-10-14(15)11(17(2)16-10)7-12(18)9-6-8-4-5-13(9)19-8/h8-9,12-13,18H,3-7H2,1-2H3. The van der Waals surface area contributed by atoms with E-state index >= 15 is 0 Å². The van der Waals surface area contributed by atoms with Gasteiger partial charge in [0.15, 0.2) is 0 Å². The number of aliphatic hydroxyl groups excluding tert-OH is 1. The van der Waals surface area contributed by atoms with E-state index < -0.39 is 0 Å². The first-order valence-electron chi connectivity index (χ1n) is 7.14. The van der Waals surface area contributed by atoms with E-state index in [1.165, 1.54) is 0 Å². The number of rotatable bonds is 4. The van der Waals surface area contributed by atoms with Gasteiger partial charge in [0, 0.05) is 19.4 Å². The van der Waals surface area contributed by atoms with Crippen molar-refractivity contribution in [3.05, 3.63) is 16.4 Å². The van der Waals surface area contributed by atoms with Gasteiger partial charge in [-0.2, -0.15) is 5.10 Å². The minimum absolute atomic E-state index is 0.248. The zero-order valence-electron chi connectivity index (χ0n) is 11.5. The zero-order chi connectivity index (χ0) is 13.6. The molecule has 4 atom stereocenters. The van der Waals surface area contributed by atoms with Crippen LogP contribution in [0.5, 0.6) is 0 Å². The van der Waals surface area contributed by atoms with E-state index in [0.717, 1.165) is 37.1 Å². The molecule has 2 bridgehead atoms. The highest BCUT2D eigenvalue weighted by Gasteiger charge is 2.44. The predicted octanol–water partition coefficient (Wildman–Crippen LogP) is 2.11. The van der Waals surface area contributed by atoms with Crippen LogP contribution >= 0.6 is 11.6 Å². The van der Waals surface area contributed by atoms with Crippen molar-refractivity contribution in [2.24, 2.45) is 13.0 Å². The summed E-state index contributed by atoms with van der Waals surface area (Å²) >= 11 is 6.33. The molecule has 0 amide bonds. The van der Waals surface area contributed by atoms with Crippen LogP contribution < -0.4 is 0 Å². The molecule has 0 aliphatic carbocycles. The highest BCUT2D eigenvalue weighted by atomic mass is 35.5. The smallest absolute Gasteiger partial charge is 0.0850 e. The summed E-state index contributed by atoms with van der Waals surface area (Å²) in [5.41, 5.74) is 1.85. The van der Waals surface area contributed by atoms with E-state index in [2.05, 4.69) is 5.10 Å². The molecule has 0 radical (unpaired) electrons. The van der Waals surface area contributed by atoms with Crippen LogP contribution in [-0.4, -0.2) is 33.2 Å². The largest absolute Gasteiger partial charge is 0.392 e. The molecule has 2 aliphatic heterocycles. The lowest BCUT2D eigenvalue weighted by molar-refractivity contribution is 0.0423. The first-order chi connectivity index (χ1) is 9.10. The molecule has 0 spiro atoms. The van der Waals surface area contributed by atoms with Gasteiger partial charge in [-0.1, -0.05) is 18.5 Å². The second kappa shape index (κ2) is 5.08. The number of aryl methyl sites for hydroxylation is 2. The van der Waals surface area contributed by atoms with Gasteiger partial charge in [-0.05, 0) is 25.7 Å². The molecule has 2 aliphatic rings. The molecule has 4 unspecified atom stereocenters. The van der Waals surface area contributed by atoms with Crippen LogP contribution in [0.3, 0.4) is 0 Å². The minimum atomic E-state index is -0.382. The maximum Gasteiger partial charge on any atom is 0.0850 e. The van der Waals surface area contributed by atoms with Gasteiger partial charge in [-0.25, -0.2) is 0 Å². The van der Waals surface area contributed by atoms with Crippen LogP contribution in [0.15, 0.2) is 0 Å². The number of ether oxygens (including phenoxy) is 1. The van der Waals surface area contributed by atoms with Gasteiger partial charge in [-0.3, -0.25) is 4.68 Å². The van der Waals surface area contributed by atoms with Gasteiger partial charge in [0.2, 0.25) is 0 Å². The summed E-state index contributed by atoms with van der Waals surface area (Å²) in [6.07, 6.45) is 4.86. The van der Waals surface area contributed by atoms with Crippen molar-refractivity contribution in [2.45, 2.75) is 57.3 Å². The lowest BCUT2D eigenvalue weighted by Crippen LogP contribution is -2.31. The van der Waals surface area contributed by atoms with Gasteiger partial charge in [0.25, 0.3) is 0 Å². The van der Waals surface area contributed by atoms with Crippen molar-refractivity contribution in [1.29, 1.82) is 0 Å². The SMILES string of the molecule is CCc1nn(C)c(CC(O)C2CC3CCC2O3)c1Cl. The number of hydrogen-bond acceptors (Lipinski definition) is 3. The van der Waals surface area contributed by atoms with Gasteiger partial charge in [0.1, 0.15) is 0 Å². The minimum Gasteiger partial charge on any atom is -0.392 e. The number of aliphatic hydroxyl groups is 1. The van der Waals surface area contributed by atoms with E-state index in [4.69, 9.17) is 16.3 Å². The number of hydrogen-bond donors (Lipinski definition) is 1. The Morgan fingerprint density at radius 3 is 2.84 bits per heavy atom. The van der Waals surface area contributed by atoms with Gasteiger partial charge in [-0.15, -0.1) is 0 Å². The number of nitrogens with zero attached hydrogens (tertiary/aromatic N) is 2. The van der Waals surface area contributed by atoms with Crippen molar-refractivity contribution in [3.8, 4) is 0 Å². The third-order valence-electron chi connectivity index (χ3n) is 4.55. The molecule has 3 heterocycles.